The van der Waals surface area contributed by atoms with Crippen LogP contribution in [0.4, 0.5) is 5.69 Å². The fourth-order valence-corrected chi connectivity index (χ4v) is 2.55. The predicted octanol–water partition coefficient (Wildman–Crippen LogP) is 2.79. The Bertz CT molecular complexity index is 502. The van der Waals surface area contributed by atoms with Crippen molar-refractivity contribution >= 4 is 27.5 Å². The van der Waals surface area contributed by atoms with Crippen LogP contribution in [0.15, 0.2) is 22.7 Å². The van der Waals surface area contributed by atoms with Crippen LogP contribution in [-0.2, 0) is 4.79 Å². The molecule has 0 saturated carbocycles. The van der Waals surface area contributed by atoms with E-state index in [1.165, 1.54) is 6.42 Å². The van der Waals surface area contributed by atoms with Gasteiger partial charge in [0.1, 0.15) is 6.07 Å². The molecule has 1 aromatic carbocycles. The molecule has 4 nitrogen and oxygen atoms in total. The summed E-state index contributed by atoms with van der Waals surface area (Å²) in [6.45, 7) is 0.879. The zero-order valence-electron chi connectivity index (χ0n) is 10.6. The van der Waals surface area contributed by atoms with Crippen LogP contribution in [0, 0.1) is 11.3 Å². The van der Waals surface area contributed by atoms with Crippen LogP contribution in [0.25, 0.3) is 0 Å². The molecule has 2 rings (SSSR count). The van der Waals surface area contributed by atoms with Gasteiger partial charge in [0, 0.05) is 4.47 Å². The Labute approximate surface area is 121 Å². The fourth-order valence-electron chi connectivity index (χ4n) is 2.19. The Morgan fingerprint density at radius 3 is 3.05 bits per heavy atom. The molecular weight excluding hydrogens is 306 g/mol. The van der Waals surface area contributed by atoms with Crippen LogP contribution < -0.4 is 10.6 Å². The normalized spacial score (nSPS) is 19.3. The van der Waals surface area contributed by atoms with Crippen molar-refractivity contribution in [1.82, 2.24) is 5.32 Å². The van der Waals surface area contributed by atoms with Crippen molar-refractivity contribution in [3.05, 3.63) is 28.2 Å². The summed E-state index contributed by atoms with van der Waals surface area (Å²) in [5.41, 5.74) is 1.04. The standard InChI is InChI=1S/C14H16BrN3O/c15-11-5-6-12(10(8-11)9-16)18-14(19)13-4-2-1-3-7-17-13/h5-6,8,13,17H,1-4,7H2,(H,18,19). The van der Waals surface area contributed by atoms with Gasteiger partial charge < -0.3 is 10.6 Å². The van der Waals surface area contributed by atoms with E-state index < -0.39 is 0 Å². The summed E-state index contributed by atoms with van der Waals surface area (Å²) < 4.78 is 0.828. The minimum Gasteiger partial charge on any atom is -0.324 e. The summed E-state index contributed by atoms with van der Waals surface area (Å²) in [6, 6.07) is 7.21. The van der Waals surface area contributed by atoms with Gasteiger partial charge in [-0.2, -0.15) is 5.26 Å². The number of anilines is 1. The van der Waals surface area contributed by atoms with Crippen molar-refractivity contribution in [2.24, 2.45) is 0 Å². The number of nitriles is 1. The first-order valence-electron chi connectivity index (χ1n) is 6.44. The number of hydrogen-bond donors (Lipinski definition) is 2. The van der Waals surface area contributed by atoms with E-state index in [9.17, 15) is 4.79 Å². The minimum atomic E-state index is -0.155. The molecule has 1 fully saturated rings. The second-order valence-corrected chi connectivity index (χ2v) is 5.56. The second-order valence-electron chi connectivity index (χ2n) is 4.65. The summed E-state index contributed by atoms with van der Waals surface area (Å²) >= 11 is 3.31. The molecule has 0 aliphatic carbocycles. The third-order valence-corrected chi connectivity index (χ3v) is 3.73. The number of halogens is 1. The van der Waals surface area contributed by atoms with E-state index in [0.29, 0.717) is 11.3 Å². The molecule has 100 valence electrons. The van der Waals surface area contributed by atoms with Crippen molar-refractivity contribution in [1.29, 1.82) is 5.26 Å². The van der Waals surface area contributed by atoms with Crippen molar-refractivity contribution < 1.29 is 4.79 Å². The van der Waals surface area contributed by atoms with Crippen LogP contribution in [0.3, 0.4) is 0 Å². The Morgan fingerprint density at radius 1 is 1.42 bits per heavy atom. The molecule has 2 N–H and O–H groups in total. The monoisotopic (exact) mass is 321 g/mol. The topological polar surface area (TPSA) is 64.9 Å². The zero-order valence-corrected chi connectivity index (χ0v) is 12.2. The van der Waals surface area contributed by atoms with Crippen LogP contribution in [0.5, 0.6) is 0 Å². The van der Waals surface area contributed by atoms with Gasteiger partial charge in [-0.1, -0.05) is 28.8 Å². The van der Waals surface area contributed by atoms with Gasteiger partial charge in [0.2, 0.25) is 5.91 Å². The molecule has 5 heteroatoms. The van der Waals surface area contributed by atoms with E-state index in [4.69, 9.17) is 5.26 Å². The number of benzene rings is 1. The lowest BCUT2D eigenvalue weighted by atomic mass is 10.1. The molecule has 1 amide bonds. The maximum atomic E-state index is 12.2. The molecule has 1 heterocycles. The van der Waals surface area contributed by atoms with Crippen molar-refractivity contribution in [2.75, 3.05) is 11.9 Å². The van der Waals surface area contributed by atoms with E-state index >= 15 is 0 Å². The summed E-state index contributed by atoms with van der Waals surface area (Å²) in [7, 11) is 0. The summed E-state index contributed by atoms with van der Waals surface area (Å²) in [5.74, 6) is -0.0549. The number of carbonyl (C=O) groups is 1. The fraction of sp³-hybridized carbons (Fsp3) is 0.429. The molecule has 1 aromatic rings. The molecule has 0 bridgehead atoms. The van der Waals surface area contributed by atoms with Gasteiger partial charge >= 0.3 is 0 Å². The van der Waals surface area contributed by atoms with Gasteiger partial charge in [-0.05, 0) is 37.6 Å². The maximum absolute atomic E-state index is 12.2. The smallest absolute Gasteiger partial charge is 0.241 e. The first-order valence-corrected chi connectivity index (χ1v) is 7.24. The average Bonchev–Trinajstić information content (AvgIpc) is 2.69. The molecular formula is C14H16BrN3O. The summed E-state index contributed by atoms with van der Waals surface area (Å²) in [6.07, 6.45) is 4.20. The Kier molecular flexibility index (Phi) is 4.94. The lowest BCUT2D eigenvalue weighted by molar-refractivity contribution is -0.118. The third kappa shape index (κ3) is 3.79. The van der Waals surface area contributed by atoms with Crippen molar-refractivity contribution in [3.63, 3.8) is 0 Å². The summed E-state index contributed by atoms with van der Waals surface area (Å²) in [4.78, 5) is 12.2. The number of nitrogens with zero attached hydrogens (tertiary/aromatic N) is 1. The molecule has 0 spiro atoms. The Hall–Kier alpha value is -1.38. The van der Waals surface area contributed by atoms with E-state index in [2.05, 4.69) is 32.6 Å². The van der Waals surface area contributed by atoms with Gasteiger partial charge in [-0.15, -0.1) is 0 Å². The minimum absolute atomic E-state index is 0.0549. The average molecular weight is 322 g/mol. The first-order chi connectivity index (χ1) is 9.20. The van der Waals surface area contributed by atoms with E-state index in [1.54, 1.807) is 12.1 Å². The molecule has 1 aliphatic rings. The number of amides is 1. The molecule has 0 radical (unpaired) electrons. The Morgan fingerprint density at radius 2 is 2.26 bits per heavy atom. The highest BCUT2D eigenvalue weighted by Crippen LogP contribution is 2.21. The Balaban J connectivity index is 2.08. The molecule has 1 atom stereocenters. The van der Waals surface area contributed by atoms with Crippen LogP contribution in [-0.4, -0.2) is 18.5 Å². The highest BCUT2D eigenvalue weighted by molar-refractivity contribution is 9.10. The molecule has 1 unspecified atom stereocenters. The maximum Gasteiger partial charge on any atom is 0.241 e. The number of hydrogen-bond acceptors (Lipinski definition) is 3. The second kappa shape index (κ2) is 6.69. The van der Waals surface area contributed by atoms with Crippen LogP contribution >= 0.6 is 15.9 Å². The molecule has 19 heavy (non-hydrogen) atoms. The predicted molar refractivity (Wildman–Crippen MR) is 77.7 cm³/mol. The molecule has 1 saturated heterocycles. The zero-order chi connectivity index (χ0) is 13.7. The number of carbonyl (C=O) groups excluding carboxylic acids is 1. The van der Waals surface area contributed by atoms with Gasteiger partial charge in [0.25, 0.3) is 0 Å². The van der Waals surface area contributed by atoms with Gasteiger partial charge in [0.05, 0.1) is 17.3 Å². The van der Waals surface area contributed by atoms with E-state index in [1.807, 2.05) is 6.07 Å². The van der Waals surface area contributed by atoms with E-state index in [0.717, 1.165) is 30.3 Å². The molecule has 1 aliphatic heterocycles. The van der Waals surface area contributed by atoms with Crippen LogP contribution in [0.2, 0.25) is 0 Å². The summed E-state index contributed by atoms with van der Waals surface area (Å²) in [5, 5.41) is 15.2. The molecule has 0 aromatic heterocycles. The van der Waals surface area contributed by atoms with Gasteiger partial charge in [0.15, 0.2) is 0 Å². The largest absolute Gasteiger partial charge is 0.324 e. The lowest BCUT2D eigenvalue weighted by Crippen LogP contribution is -2.39. The van der Waals surface area contributed by atoms with Gasteiger partial charge in [-0.25, -0.2) is 0 Å². The number of nitrogens with one attached hydrogen (secondary N) is 2. The first kappa shape index (κ1) is 14.0. The van der Waals surface area contributed by atoms with E-state index in [-0.39, 0.29) is 11.9 Å². The van der Waals surface area contributed by atoms with Gasteiger partial charge in [-0.3, -0.25) is 4.79 Å². The van der Waals surface area contributed by atoms with Crippen molar-refractivity contribution in [2.45, 2.75) is 31.7 Å². The van der Waals surface area contributed by atoms with Crippen molar-refractivity contribution in [3.8, 4) is 6.07 Å². The quantitative estimate of drug-likeness (QED) is 0.880. The highest BCUT2D eigenvalue weighted by atomic mass is 79.9. The lowest BCUT2D eigenvalue weighted by Gasteiger charge is -2.16. The van der Waals surface area contributed by atoms with Crippen LogP contribution in [0.1, 0.15) is 31.2 Å². The third-order valence-electron chi connectivity index (χ3n) is 3.24. The number of rotatable bonds is 2. The highest BCUT2D eigenvalue weighted by Gasteiger charge is 2.20. The SMILES string of the molecule is N#Cc1cc(Br)ccc1NC(=O)C1CCCCCN1.